The molecule has 106 valence electrons. The number of aliphatic carboxylic acids is 1. The predicted molar refractivity (Wildman–Crippen MR) is 69.7 cm³/mol. The Balaban J connectivity index is 2.00. The molecule has 4 N–H and O–H groups in total. The van der Waals surface area contributed by atoms with Crippen molar-refractivity contribution in [2.24, 2.45) is 5.73 Å². The summed E-state index contributed by atoms with van der Waals surface area (Å²) in [5.74, 6) is 0.0393. The summed E-state index contributed by atoms with van der Waals surface area (Å²) in [6.07, 6.45) is 0.349. The van der Waals surface area contributed by atoms with Gasteiger partial charge in [-0.2, -0.15) is 5.10 Å². The van der Waals surface area contributed by atoms with Crippen LogP contribution in [0, 0.1) is 6.92 Å². The second-order valence-corrected chi connectivity index (χ2v) is 5.02. The zero-order valence-electron chi connectivity index (χ0n) is 10.8. The number of aromatic amines is 1. The number of hydrogen-bond acceptors (Lipinski definition) is 6. The van der Waals surface area contributed by atoms with E-state index < -0.39 is 11.5 Å². The number of carboxylic acid groups (broad SMARTS) is 1. The van der Waals surface area contributed by atoms with Crippen LogP contribution in [-0.2, 0) is 4.79 Å². The molecule has 0 aliphatic carbocycles. The maximum absolute atomic E-state index is 11.5. The summed E-state index contributed by atoms with van der Waals surface area (Å²) in [5.41, 5.74) is 4.68. The molecule has 9 heteroatoms. The van der Waals surface area contributed by atoms with Crippen molar-refractivity contribution in [2.45, 2.75) is 18.9 Å². The molecule has 2 aromatic rings. The van der Waals surface area contributed by atoms with Crippen LogP contribution in [0.2, 0.25) is 0 Å². The number of H-pyrrole nitrogens is 1. The highest BCUT2D eigenvalue weighted by Gasteiger charge is 2.41. The van der Waals surface area contributed by atoms with Crippen LogP contribution >= 0.6 is 0 Å². The number of hydrogen-bond donors (Lipinski definition) is 3. The quantitative estimate of drug-likeness (QED) is 0.623. The van der Waals surface area contributed by atoms with Crippen LogP contribution in [0.25, 0.3) is 5.65 Å². The molecule has 9 nitrogen and oxygen atoms in total. The molecule has 1 atom stereocenters. The maximum Gasteiger partial charge on any atom is 0.349 e. The minimum Gasteiger partial charge on any atom is -0.480 e. The third-order valence-electron chi connectivity index (χ3n) is 3.61. The SMILES string of the molecule is Cc1nc(N2CCC(N)(C(=O)O)C2)cc2n[nH]c(=O)n12. The first kappa shape index (κ1) is 12.6. The number of aromatic nitrogens is 4. The summed E-state index contributed by atoms with van der Waals surface area (Å²) in [6, 6.07) is 1.64. The van der Waals surface area contributed by atoms with Crippen molar-refractivity contribution >= 4 is 17.4 Å². The number of rotatable bonds is 2. The topological polar surface area (TPSA) is 130 Å². The van der Waals surface area contributed by atoms with Crippen molar-refractivity contribution in [3.8, 4) is 0 Å². The molecular formula is C11H14N6O3. The van der Waals surface area contributed by atoms with Crippen molar-refractivity contribution in [1.29, 1.82) is 0 Å². The Morgan fingerprint density at radius 1 is 1.60 bits per heavy atom. The Kier molecular flexibility index (Phi) is 2.54. The highest BCUT2D eigenvalue weighted by molar-refractivity contribution is 5.80. The average molecular weight is 278 g/mol. The second kappa shape index (κ2) is 4.04. The highest BCUT2D eigenvalue weighted by Crippen LogP contribution is 2.24. The standard InChI is InChI=1S/C11H14N6O3/c1-6-13-7(4-8-14-15-10(20)17(6)8)16-3-2-11(12,5-16)9(18)19/h4H,2-3,5,12H2,1H3,(H,15,20)(H,18,19). The molecule has 1 unspecified atom stereocenters. The maximum atomic E-state index is 11.5. The minimum absolute atomic E-state index is 0.180. The summed E-state index contributed by atoms with van der Waals surface area (Å²) < 4.78 is 1.35. The Morgan fingerprint density at radius 3 is 3.00 bits per heavy atom. The van der Waals surface area contributed by atoms with Crippen LogP contribution in [0.4, 0.5) is 5.82 Å². The first-order valence-corrected chi connectivity index (χ1v) is 6.13. The van der Waals surface area contributed by atoms with Gasteiger partial charge in [0.1, 0.15) is 17.2 Å². The highest BCUT2D eigenvalue weighted by atomic mass is 16.4. The van der Waals surface area contributed by atoms with Crippen LogP contribution in [0.3, 0.4) is 0 Å². The summed E-state index contributed by atoms with van der Waals surface area (Å²) >= 11 is 0. The molecule has 2 aromatic heterocycles. The lowest BCUT2D eigenvalue weighted by atomic mass is 10.0. The molecule has 0 bridgehead atoms. The van der Waals surface area contributed by atoms with E-state index >= 15 is 0 Å². The molecule has 1 aliphatic rings. The Bertz CT molecular complexity index is 750. The Morgan fingerprint density at radius 2 is 2.35 bits per heavy atom. The summed E-state index contributed by atoms with van der Waals surface area (Å²) in [4.78, 5) is 28.8. The zero-order valence-corrected chi connectivity index (χ0v) is 10.8. The van der Waals surface area contributed by atoms with E-state index in [1.807, 2.05) is 0 Å². The lowest BCUT2D eigenvalue weighted by molar-refractivity contribution is -0.142. The first-order valence-electron chi connectivity index (χ1n) is 6.13. The van der Waals surface area contributed by atoms with Crippen LogP contribution < -0.4 is 16.3 Å². The van der Waals surface area contributed by atoms with E-state index in [9.17, 15) is 9.59 Å². The number of nitrogens with two attached hydrogens (primary N) is 1. The van der Waals surface area contributed by atoms with Crippen LogP contribution in [-0.4, -0.2) is 49.3 Å². The Labute approximate surface area is 113 Å². The molecule has 1 fully saturated rings. The molecule has 20 heavy (non-hydrogen) atoms. The van der Waals surface area contributed by atoms with Gasteiger partial charge in [-0.15, -0.1) is 0 Å². The fraction of sp³-hybridized carbons (Fsp3) is 0.455. The van der Waals surface area contributed by atoms with Gasteiger partial charge in [-0.1, -0.05) is 0 Å². The van der Waals surface area contributed by atoms with E-state index in [-0.39, 0.29) is 12.2 Å². The van der Waals surface area contributed by atoms with Crippen molar-refractivity contribution in [3.05, 3.63) is 22.4 Å². The number of carboxylic acids is 1. The fourth-order valence-corrected chi connectivity index (χ4v) is 2.45. The van der Waals surface area contributed by atoms with E-state index in [4.69, 9.17) is 10.8 Å². The molecule has 1 aliphatic heterocycles. The van der Waals surface area contributed by atoms with E-state index in [2.05, 4.69) is 15.2 Å². The third-order valence-corrected chi connectivity index (χ3v) is 3.61. The van der Waals surface area contributed by atoms with Gasteiger partial charge in [-0.25, -0.2) is 19.3 Å². The molecular weight excluding hydrogens is 264 g/mol. The number of nitrogens with one attached hydrogen (secondary N) is 1. The van der Waals surface area contributed by atoms with E-state index in [0.29, 0.717) is 30.3 Å². The van der Waals surface area contributed by atoms with Gasteiger partial charge >= 0.3 is 11.7 Å². The third kappa shape index (κ3) is 1.74. The lowest BCUT2D eigenvalue weighted by Crippen LogP contribution is -2.50. The lowest BCUT2D eigenvalue weighted by Gasteiger charge is -2.21. The van der Waals surface area contributed by atoms with Crippen molar-refractivity contribution in [3.63, 3.8) is 0 Å². The molecule has 1 saturated heterocycles. The molecule has 0 spiro atoms. The Hall–Kier alpha value is -2.42. The van der Waals surface area contributed by atoms with Gasteiger partial charge in [0.05, 0.1) is 0 Å². The number of nitrogens with zero attached hydrogens (tertiary/aromatic N) is 4. The average Bonchev–Trinajstić information content (AvgIpc) is 2.95. The minimum atomic E-state index is -1.26. The van der Waals surface area contributed by atoms with Crippen molar-refractivity contribution < 1.29 is 9.90 Å². The predicted octanol–water partition coefficient (Wildman–Crippen LogP) is -1.28. The molecule has 0 saturated carbocycles. The van der Waals surface area contributed by atoms with Crippen LogP contribution in [0.15, 0.2) is 10.9 Å². The van der Waals surface area contributed by atoms with Gasteiger partial charge < -0.3 is 15.7 Å². The van der Waals surface area contributed by atoms with Gasteiger partial charge in [0.2, 0.25) is 0 Å². The van der Waals surface area contributed by atoms with Gasteiger partial charge in [0.25, 0.3) is 0 Å². The van der Waals surface area contributed by atoms with Gasteiger partial charge in [0.15, 0.2) is 5.65 Å². The second-order valence-electron chi connectivity index (χ2n) is 5.02. The molecule has 3 rings (SSSR count). The summed E-state index contributed by atoms with van der Waals surface area (Å²) in [5, 5.41) is 15.4. The zero-order chi connectivity index (χ0) is 14.5. The van der Waals surface area contributed by atoms with E-state index in [0.717, 1.165) is 0 Å². The van der Waals surface area contributed by atoms with E-state index in [1.165, 1.54) is 4.40 Å². The molecule has 0 radical (unpaired) electrons. The fourth-order valence-electron chi connectivity index (χ4n) is 2.45. The first-order chi connectivity index (χ1) is 9.40. The van der Waals surface area contributed by atoms with Gasteiger partial charge in [-0.3, -0.25) is 4.79 Å². The number of aryl methyl sites for hydroxylation is 1. The van der Waals surface area contributed by atoms with Crippen molar-refractivity contribution in [2.75, 3.05) is 18.0 Å². The van der Waals surface area contributed by atoms with E-state index in [1.54, 1.807) is 17.9 Å². The van der Waals surface area contributed by atoms with Crippen LogP contribution in [0.5, 0.6) is 0 Å². The summed E-state index contributed by atoms with van der Waals surface area (Å²) in [7, 11) is 0. The van der Waals surface area contributed by atoms with Crippen LogP contribution in [0.1, 0.15) is 12.2 Å². The summed E-state index contributed by atoms with van der Waals surface area (Å²) in [6.45, 7) is 2.37. The largest absolute Gasteiger partial charge is 0.480 e. The normalized spacial score (nSPS) is 22.6. The van der Waals surface area contributed by atoms with Gasteiger partial charge in [0, 0.05) is 19.2 Å². The smallest absolute Gasteiger partial charge is 0.349 e. The van der Waals surface area contributed by atoms with Crippen molar-refractivity contribution in [1.82, 2.24) is 19.6 Å². The number of anilines is 1. The van der Waals surface area contributed by atoms with Gasteiger partial charge in [-0.05, 0) is 13.3 Å². The molecule has 0 amide bonds. The molecule has 3 heterocycles. The number of fused-ring (bicyclic) bond motifs is 1. The monoisotopic (exact) mass is 278 g/mol. The number of carbonyl (C=O) groups is 1. The molecule has 0 aromatic carbocycles.